The Morgan fingerprint density at radius 2 is 1.56 bits per heavy atom. The number of halogens is 1. The lowest BCUT2D eigenvalue weighted by molar-refractivity contribution is -0.394. The summed E-state index contributed by atoms with van der Waals surface area (Å²) in [6, 6.07) is 3.23. The van der Waals surface area contributed by atoms with Gasteiger partial charge in [-0.05, 0) is 5.56 Å². The van der Waals surface area contributed by atoms with Crippen LogP contribution in [0.25, 0.3) is 0 Å². The van der Waals surface area contributed by atoms with Crippen molar-refractivity contribution in [3.05, 3.63) is 44.0 Å². The Kier molecular flexibility index (Phi) is 5.49. The molecule has 10 heteroatoms. The fourth-order valence-corrected chi connectivity index (χ4v) is 1.14. The van der Waals surface area contributed by atoms with E-state index in [9.17, 15) is 20.2 Å². The van der Waals surface area contributed by atoms with Gasteiger partial charge in [-0.25, -0.2) is 4.99 Å². The number of aliphatic imine (C=N–C) groups is 1. The van der Waals surface area contributed by atoms with Crippen LogP contribution in [0.3, 0.4) is 0 Å². The van der Waals surface area contributed by atoms with Crippen molar-refractivity contribution in [3.63, 3.8) is 0 Å². The van der Waals surface area contributed by atoms with Crippen LogP contribution >= 0.6 is 12.4 Å². The summed E-state index contributed by atoms with van der Waals surface area (Å²) in [7, 11) is 0. The molecule has 1 rings (SSSR count). The maximum Gasteiger partial charge on any atom is 0.276 e. The Labute approximate surface area is 107 Å². The van der Waals surface area contributed by atoms with Crippen LogP contribution in [-0.4, -0.2) is 15.8 Å². The molecular weight excluding hydrogens is 266 g/mol. The van der Waals surface area contributed by atoms with Gasteiger partial charge in [0.1, 0.15) is 0 Å². The Balaban J connectivity index is 0.00000289. The van der Waals surface area contributed by atoms with Gasteiger partial charge < -0.3 is 11.5 Å². The SMILES string of the molecule is Cl.NC(N)=NCc1cc([N+](=O)[O-])cc([N+](=O)[O-])c1. The smallest absolute Gasteiger partial charge is 0.276 e. The molecule has 0 spiro atoms. The van der Waals surface area contributed by atoms with Crippen molar-refractivity contribution < 1.29 is 9.85 Å². The minimum Gasteiger partial charge on any atom is -0.370 e. The van der Waals surface area contributed by atoms with Crippen LogP contribution in [-0.2, 0) is 6.54 Å². The van der Waals surface area contributed by atoms with Gasteiger partial charge in [-0.15, -0.1) is 12.4 Å². The van der Waals surface area contributed by atoms with Crippen LogP contribution in [0.15, 0.2) is 23.2 Å². The van der Waals surface area contributed by atoms with Crippen LogP contribution in [0.5, 0.6) is 0 Å². The molecule has 1 aromatic carbocycles. The first-order valence-electron chi connectivity index (χ1n) is 4.38. The number of guanidine groups is 1. The van der Waals surface area contributed by atoms with Crippen molar-refractivity contribution in [2.45, 2.75) is 6.54 Å². The molecule has 0 aliphatic carbocycles. The van der Waals surface area contributed by atoms with E-state index in [1.807, 2.05) is 0 Å². The molecule has 0 aliphatic heterocycles. The number of nitro benzene ring substituents is 2. The van der Waals surface area contributed by atoms with Crippen molar-refractivity contribution in [1.82, 2.24) is 0 Å². The van der Waals surface area contributed by atoms with Gasteiger partial charge in [0.2, 0.25) is 0 Å². The number of nitrogens with zero attached hydrogens (tertiary/aromatic N) is 3. The molecule has 0 saturated heterocycles. The Morgan fingerprint density at radius 3 is 1.89 bits per heavy atom. The molecule has 0 radical (unpaired) electrons. The fraction of sp³-hybridized carbons (Fsp3) is 0.125. The van der Waals surface area contributed by atoms with E-state index in [1.165, 1.54) is 12.1 Å². The van der Waals surface area contributed by atoms with Gasteiger partial charge in [0.15, 0.2) is 5.96 Å². The molecule has 0 unspecified atom stereocenters. The van der Waals surface area contributed by atoms with Gasteiger partial charge in [-0.1, -0.05) is 0 Å². The van der Waals surface area contributed by atoms with Gasteiger partial charge in [0.05, 0.1) is 22.5 Å². The zero-order chi connectivity index (χ0) is 13.0. The van der Waals surface area contributed by atoms with E-state index in [0.29, 0.717) is 5.56 Å². The lowest BCUT2D eigenvalue weighted by Crippen LogP contribution is -2.22. The topological polar surface area (TPSA) is 151 Å². The molecule has 9 nitrogen and oxygen atoms in total. The standard InChI is InChI=1S/C8H9N5O4.ClH/c9-8(10)11-4-5-1-6(12(14)15)3-7(2-5)13(16)17;/h1-3H,4H2,(H4,9,10,11);1H. The first-order valence-corrected chi connectivity index (χ1v) is 4.38. The summed E-state index contributed by atoms with van der Waals surface area (Å²) in [4.78, 5) is 23.3. The molecule has 4 N–H and O–H groups in total. The highest BCUT2D eigenvalue weighted by Gasteiger charge is 2.15. The Morgan fingerprint density at radius 1 is 1.11 bits per heavy atom. The van der Waals surface area contributed by atoms with E-state index >= 15 is 0 Å². The summed E-state index contributed by atoms with van der Waals surface area (Å²) in [5.74, 6) is -0.195. The van der Waals surface area contributed by atoms with Gasteiger partial charge in [0, 0.05) is 12.1 Å². The van der Waals surface area contributed by atoms with E-state index in [4.69, 9.17) is 11.5 Å². The molecule has 0 bridgehead atoms. The molecule has 1 aromatic rings. The molecule has 0 atom stereocenters. The summed E-state index contributed by atoms with van der Waals surface area (Å²) in [5, 5.41) is 21.1. The number of hydrogen-bond acceptors (Lipinski definition) is 5. The highest BCUT2D eigenvalue weighted by atomic mass is 35.5. The maximum atomic E-state index is 10.6. The van der Waals surface area contributed by atoms with Crippen LogP contribution in [0.4, 0.5) is 11.4 Å². The Bertz CT molecular complexity index is 468. The summed E-state index contributed by atoms with van der Waals surface area (Å²) >= 11 is 0. The van der Waals surface area contributed by atoms with Crippen molar-refractivity contribution in [2.75, 3.05) is 0 Å². The van der Waals surface area contributed by atoms with E-state index in [-0.39, 0.29) is 36.3 Å². The van der Waals surface area contributed by atoms with Crippen molar-refractivity contribution >= 4 is 29.7 Å². The van der Waals surface area contributed by atoms with Crippen LogP contribution in [0.1, 0.15) is 5.56 Å². The first-order chi connectivity index (χ1) is 7.90. The highest BCUT2D eigenvalue weighted by Crippen LogP contribution is 2.22. The van der Waals surface area contributed by atoms with E-state index < -0.39 is 9.85 Å². The number of rotatable bonds is 4. The first kappa shape index (κ1) is 15.6. The normalized spacial score (nSPS) is 9.11. The number of nitro groups is 2. The van der Waals surface area contributed by atoms with Crippen LogP contribution in [0.2, 0.25) is 0 Å². The van der Waals surface area contributed by atoms with Gasteiger partial charge >= 0.3 is 0 Å². The maximum absolute atomic E-state index is 10.6. The number of nitrogens with two attached hydrogens (primary N) is 2. The number of benzene rings is 1. The summed E-state index contributed by atoms with van der Waals surface area (Å²) < 4.78 is 0. The second-order valence-corrected chi connectivity index (χ2v) is 3.11. The zero-order valence-electron chi connectivity index (χ0n) is 8.98. The molecule has 18 heavy (non-hydrogen) atoms. The molecular formula is C8H10ClN5O4. The third-order valence-electron chi connectivity index (χ3n) is 1.83. The number of non-ortho nitro benzene ring substituents is 2. The molecule has 98 valence electrons. The number of hydrogen-bond donors (Lipinski definition) is 2. The van der Waals surface area contributed by atoms with Crippen LogP contribution < -0.4 is 11.5 Å². The average Bonchev–Trinajstić information content (AvgIpc) is 2.25. The average molecular weight is 276 g/mol. The molecule has 0 amide bonds. The molecule has 0 heterocycles. The third kappa shape index (κ3) is 4.22. The second kappa shape index (κ2) is 6.35. The monoisotopic (exact) mass is 275 g/mol. The van der Waals surface area contributed by atoms with Gasteiger partial charge in [-0.3, -0.25) is 20.2 Å². The van der Waals surface area contributed by atoms with Gasteiger partial charge in [-0.2, -0.15) is 0 Å². The third-order valence-corrected chi connectivity index (χ3v) is 1.83. The molecule has 0 aromatic heterocycles. The lowest BCUT2D eigenvalue weighted by Gasteiger charge is -1.99. The van der Waals surface area contributed by atoms with Crippen LogP contribution in [0, 0.1) is 20.2 Å². The molecule has 0 fully saturated rings. The molecule has 0 saturated carbocycles. The van der Waals surface area contributed by atoms with Crippen molar-refractivity contribution in [1.29, 1.82) is 0 Å². The van der Waals surface area contributed by atoms with E-state index in [0.717, 1.165) is 6.07 Å². The van der Waals surface area contributed by atoms with Crippen molar-refractivity contribution in [3.8, 4) is 0 Å². The van der Waals surface area contributed by atoms with Crippen molar-refractivity contribution in [2.24, 2.45) is 16.5 Å². The largest absolute Gasteiger partial charge is 0.370 e. The minimum absolute atomic E-state index is 0. The lowest BCUT2D eigenvalue weighted by atomic mass is 10.2. The zero-order valence-corrected chi connectivity index (χ0v) is 9.79. The summed E-state index contributed by atoms with van der Waals surface area (Å²) in [6.07, 6.45) is 0. The summed E-state index contributed by atoms with van der Waals surface area (Å²) in [5.41, 5.74) is 9.73. The quantitative estimate of drug-likeness (QED) is 0.357. The highest BCUT2D eigenvalue weighted by molar-refractivity contribution is 5.85. The predicted molar refractivity (Wildman–Crippen MR) is 66.5 cm³/mol. The van der Waals surface area contributed by atoms with E-state index in [1.54, 1.807) is 0 Å². The second-order valence-electron chi connectivity index (χ2n) is 3.11. The van der Waals surface area contributed by atoms with E-state index in [2.05, 4.69) is 4.99 Å². The van der Waals surface area contributed by atoms with Gasteiger partial charge in [0.25, 0.3) is 11.4 Å². The fourth-order valence-electron chi connectivity index (χ4n) is 1.14. The Hall–Kier alpha value is -2.42. The minimum atomic E-state index is -0.716. The summed E-state index contributed by atoms with van der Waals surface area (Å²) in [6.45, 7) is -0.0507. The predicted octanol–water partition coefficient (Wildman–Crippen LogP) is 0.698. The molecule has 0 aliphatic rings.